The summed E-state index contributed by atoms with van der Waals surface area (Å²) in [5, 5.41) is 29.6. The first-order valence-electron chi connectivity index (χ1n) is 9.68. The molecule has 1 amide bonds. The van der Waals surface area contributed by atoms with Crippen molar-refractivity contribution in [3.8, 4) is 22.8 Å². The maximum absolute atomic E-state index is 12.6. The summed E-state index contributed by atoms with van der Waals surface area (Å²) >= 11 is 1.27. The van der Waals surface area contributed by atoms with E-state index in [4.69, 9.17) is 0 Å². The molecule has 9 nitrogen and oxygen atoms in total. The topological polar surface area (TPSA) is 122 Å². The Hall–Kier alpha value is -4.18. The molecule has 0 aliphatic rings. The van der Waals surface area contributed by atoms with Crippen molar-refractivity contribution in [2.45, 2.75) is 5.16 Å². The summed E-state index contributed by atoms with van der Waals surface area (Å²) < 4.78 is 1.85. The Kier molecular flexibility index (Phi) is 5.26. The van der Waals surface area contributed by atoms with Gasteiger partial charge in [0.15, 0.2) is 11.0 Å². The molecular formula is C22H17N7O2S. The van der Waals surface area contributed by atoms with Gasteiger partial charge in [-0.25, -0.2) is 0 Å². The van der Waals surface area contributed by atoms with E-state index in [-0.39, 0.29) is 17.4 Å². The maximum atomic E-state index is 12.6. The molecule has 0 bridgehead atoms. The highest BCUT2D eigenvalue weighted by molar-refractivity contribution is 7.99. The largest absolute Gasteiger partial charge is 0.508 e. The number of H-pyrrole nitrogens is 1. The average Bonchev–Trinajstić information content (AvgIpc) is 3.45. The molecule has 0 aliphatic heterocycles. The zero-order valence-corrected chi connectivity index (χ0v) is 17.5. The number of benzene rings is 2. The molecule has 2 aromatic carbocycles. The molecule has 5 aromatic rings. The molecule has 3 heterocycles. The Balaban J connectivity index is 1.38. The van der Waals surface area contributed by atoms with Crippen LogP contribution in [0.3, 0.4) is 0 Å². The fraction of sp³-hybridized carbons (Fsp3) is 0.0455. The van der Waals surface area contributed by atoms with Gasteiger partial charge in [0.05, 0.1) is 17.5 Å². The monoisotopic (exact) mass is 443 g/mol. The van der Waals surface area contributed by atoms with E-state index in [2.05, 4.69) is 30.7 Å². The van der Waals surface area contributed by atoms with Crippen LogP contribution in [-0.2, 0) is 4.79 Å². The fourth-order valence-corrected chi connectivity index (χ4v) is 3.98. The van der Waals surface area contributed by atoms with Crippen molar-refractivity contribution in [2.24, 2.45) is 0 Å². The molecular weight excluding hydrogens is 426 g/mol. The molecule has 10 heteroatoms. The summed E-state index contributed by atoms with van der Waals surface area (Å²) in [5.74, 6) is 0.758. The Morgan fingerprint density at radius 1 is 1.06 bits per heavy atom. The van der Waals surface area contributed by atoms with Crippen LogP contribution in [0, 0.1) is 0 Å². The molecule has 0 saturated carbocycles. The lowest BCUT2D eigenvalue weighted by atomic mass is 10.2. The van der Waals surface area contributed by atoms with Crippen LogP contribution >= 0.6 is 11.8 Å². The molecule has 32 heavy (non-hydrogen) atoms. The van der Waals surface area contributed by atoms with Gasteiger partial charge in [-0.3, -0.25) is 19.4 Å². The number of aromatic amines is 1. The fourth-order valence-electron chi connectivity index (χ4n) is 3.23. The van der Waals surface area contributed by atoms with E-state index in [0.29, 0.717) is 16.7 Å². The van der Waals surface area contributed by atoms with Crippen LogP contribution in [0.25, 0.3) is 28.0 Å². The van der Waals surface area contributed by atoms with Crippen molar-refractivity contribution >= 4 is 34.3 Å². The molecule has 158 valence electrons. The Morgan fingerprint density at radius 2 is 1.88 bits per heavy atom. The predicted octanol–water partition coefficient (Wildman–Crippen LogP) is 3.64. The molecule has 0 unspecified atom stereocenters. The second-order valence-electron chi connectivity index (χ2n) is 6.90. The molecule has 0 aliphatic carbocycles. The van der Waals surface area contributed by atoms with E-state index >= 15 is 0 Å². The summed E-state index contributed by atoms with van der Waals surface area (Å²) in [5.41, 5.74) is 3.14. The van der Waals surface area contributed by atoms with Gasteiger partial charge >= 0.3 is 0 Å². The SMILES string of the molecule is O=C(CSc1nnc(-c2ccncc2)n1-c1ccc(O)cc1)Nc1ccc2cn[nH]c2c1. The molecule has 5 rings (SSSR count). The average molecular weight is 443 g/mol. The van der Waals surface area contributed by atoms with Gasteiger partial charge in [-0.05, 0) is 54.6 Å². The van der Waals surface area contributed by atoms with Crippen LogP contribution in [0.5, 0.6) is 5.75 Å². The third-order valence-corrected chi connectivity index (χ3v) is 5.67. The Morgan fingerprint density at radius 3 is 2.69 bits per heavy atom. The van der Waals surface area contributed by atoms with Gasteiger partial charge in [-0.1, -0.05) is 11.8 Å². The molecule has 0 spiro atoms. The van der Waals surface area contributed by atoms with Crippen LogP contribution in [-0.4, -0.2) is 46.7 Å². The molecule has 0 radical (unpaired) electrons. The molecule has 3 N–H and O–H groups in total. The van der Waals surface area contributed by atoms with Gasteiger partial charge in [0, 0.05) is 34.7 Å². The first-order valence-corrected chi connectivity index (χ1v) is 10.7. The molecule has 3 aromatic heterocycles. The second kappa shape index (κ2) is 8.52. The lowest BCUT2D eigenvalue weighted by Crippen LogP contribution is -2.14. The van der Waals surface area contributed by atoms with E-state index < -0.39 is 0 Å². The van der Waals surface area contributed by atoms with Gasteiger partial charge in [0.1, 0.15) is 5.75 Å². The highest BCUT2D eigenvalue weighted by Gasteiger charge is 2.17. The number of anilines is 1. The van der Waals surface area contributed by atoms with Gasteiger partial charge in [-0.2, -0.15) is 5.10 Å². The smallest absolute Gasteiger partial charge is 0.234 e. The summed E-state index contributed by atoms with van der Waals surface area (Å²) in [6.07, 6.45) is 5.09. The van der Waals surface area contributed by atoms with E-state index in [1.807, 2.05) is 34.9 Å². The van der Waals surface area contributed by atoms with Gasteiger partial charge in [0.2, 0.25) is 5.91 Å². The number of carbonyl (C=O) groups is 1. The Bertz CT molecular complexity index is 1380. The van der Waals surface area contributed by atoms with Crippen molar-refractivity contribution < 1.29 is 9.90 Å². The van der Waals surface area contributed by atoms with Crippen LogP contribution in [0.15, 0.2) is 78.3 Å². The van der Waals surface area contributed by atoms with Crippen molar-refractivity contribution in [1.82, 2.24) is 29.9 Å². The minimum Gasteiger partial charge on any atom is -0.508 e. The number of fused-ring (bicyclic) bond motifs is 1. The third kappa shape index (κ3) is 4.03. The minimum absolute atomic E-state index is 0.146. The summed E-state index contributed by atoms with van der Waals surface area (Å²) in [7, 11) is 0. The first-order chi connectivity index (χ1) is 15.7. The van der Waals surface area contributed by atoms with Crippen molar-refractivity contribution in [1.29, 1.82) is 0 Å². The molecule has 0 atom stereocenters. The number of thioether (sulfide) groups is 1. The van der Waals surface area contributed by atoms with Gasteiger partial charge in [-0.15, -0.1) is 10.2 Å². The number of rotatable bonds is 6. The summed E-state index contributed by atoms with van der Waals surface area (Å²) in [6, 6.07) is 16.0. The number of hydrogen-bond donors (Lipinski definition) is 3. The van der Waals surface area contributed by atoms with E-state index in [1.54, 1.807) is 42.9 Å². The van der Waals surface area contributed by atoms with Crippen molar-refractivity contribution in [2.75, 3.05) is 11.1 Å². The summed E-state index contributed by atoms with van der Waals surface area (Å²) in [4.78, 5) is 16.6. The number of pyridine rings is 1. The summed E-state index contributed by atoms with van der Waals surface area (Å²) in [6.45, 7) is 0. The lowest BCUT2D eigenvalue weighted by Gasteiger charge is -2.10. The number of aromatic nitrogens is 6. The van der Waals surface area contributed by atoms with Gasteiger partial charge < -0.3 is 10.4 Å². The Labute approximate surface area is 186 Å². The number of amides is 1. The number of nitrogens with zero attached hydrogens (tertiary/aromatic N) is 5. The maximum Gasteiger partial charge on any atom is 0.234 e. The first kappa shape index (κ1) is 19.8. The van der Waals surface area contributed by atoms with Crippen LogP contribution < -0.4 is 5.32 Å². The van der Waals surface area contributed by atoms with Crippen molar-refractivity contribution in [3.63, 3.8) is 0 Å². The van der Waals surface area contributed by atoms with Crippen LogP contribution in [0.4, 0.5) is 5.69 Å². The lowest BCUT2D eigenvalue weighted by molar-refractivity contribution is -0.113. The molecule has 0 saturated heterocycles. The minimum atomic E-state index is -0.167. The molecule has 0 fully saturated rings. The predicted molar refractivity (Wildman–Crippen MR) is 122 cm³/mol. The van der Waals surface area contributed by atoms with E-state index in [0.717, 1.165) is 22.2 Å². The number of nitrogens with one attached hydrogen (secondary N) is 2. The standard InChI is InChI=1S/C22H17N7O2S/c30-18-5-3-17(4-6-18)29-21(14-7-9-23-10-8-14)27-28-22(29)32-13-20(31)25-16-2-1-15-12-24-26-19(15)11-16/h1-12,30H,13H2,(H,24,26)(H,25,31). The zero-order valence-electron chi connectivity index (χ0n) is 16.6. The number of aromatic hydroxyl groups is 1. The van der Waals surface area contributed by atoms with E-state index in [9.17, 15) is 9.90 Å². The third-order valence-electron chi connectivity index (χ3n) is 4.74. The van der Waals surface area contributed by atoms with E-state index in [1.165, 1.54) is 11.8 Å². The zero-order chi connectivity index (χ0) is 21.9. The number of phenols is 1. The highest BCUT2D eigenvalue weighted by Crippen LogP contribution is 2.28. The normalized spacial score (nSPS) is 11.0. The number of phenolic OH excluding ortho intramolecular Hbond substituents is 1. The highest BCUT2D eigenvalue weighted by atomic mass is 32.2. The second-order valence-corrected chi connectivity index (χ2v) is 7.85. The number of carbonyl (C=O) groups excluding carboxylic acids is 1. The van der Waals surface area contributed by atoms with Gasteiger partial charge in [0.25, 0.3) is 0 Å². The quantitative estimate of drug-likeness (QED) is 0.343. The number of hydrogen-bond acceptors (Lipinski definition) is 7. The van der Waals surface area contributed by atoms with Crippen LogP contribution in [0.1, 0.15) is 0 Å². The van der Waals surface area contributed by atoms with Crippen molar-refractivity contribution in [3.05, 3.63) is 73.2 Å². The van der Waals surface area contributed by atoms with Crippen LogP contribution in [0.2, 0.25) is 0 Å².